The average molecular weight is 396 g/mol. The van der Waals surface area contributed by atoms with Gasteiger partial charge in [0.2, 0.25) is 11.8 Å². The van der Waals surface area contributed by atoms with Gasteiger partial charge in [0.15, 0.2) is 0 Å². The Morgan fingerprint density at radius 3 is 2.42 bits per heavy atom. The molecule has 0 aliphatic heterocycles. The number of hydrogen-bond acceptors (Lipinski definition) is 3. The van der Waals surface area contributed by atoms with E-state index < -0.39 is 12.0 Å². The number of rotatable bonds is 6. The van der Waals surface area contributed by atoms with Crippen LogP contribution in [0.25, 0.3) is 0 Å². The van der Waals surface area contributed by atoms with Crippen LogP contribution in [0.5, 0.6) is 0 Å². The molecule has 2 aromatic rings. The standard InChI is InChI=1S/C19H22ClN3O2.ClH/c1-13(18(21)14-7-4-3-5-8-14)19(25)23(2)12-17(24)22-16-10-6-9-15(20)11-16;/h3-11,13,18H,12,21H2,1-2H3,(H,22,24);1H. The molecule has 7 heteroatoms. The third kappa shape index (κ3) is 6.02. The zero-order valence-corrected chi connectivity index (χ0v) is 16.3. The van der Waals surface area contributed by atoms with Gasteiger partial charge in [0.25, 0.3) is 0 Å². The first-order valence-corrected chi connectivity index (χ1v) is 8.37. The molecule has 2 unspecified atom stereocenters. The highest BCUT2D eigenvalue weighted by Crippen LogP contribution is 2.21. The number of benzene rings is 2. The monoisotopic (exact) mass is 395 g/mol. The largest absolute Gasteiger partial charge is 0.336 e. The molecule has 2 atom stereocenters. The third-order valence-electron chi connectivity index (χ3n) is 3.98. The van der Waals surface area contributed by atoms with E-state index in [0.717, 1.165) is 5.56 Å². The average Bonchev–Trinajstić information content (AvgIpc) is 2.60. The van der Waals surface area contributed by atoms with Crippen molar-refractivity contribution in [3.63, 3.8) is 0 Å². The molecule has 5 nitrogen and oxygen atoms in total. The van der Waals surface area contributed by atoms with Crippen molar-refractivity contribution >= 4 is 41.5 Å². The number of nitrogens with two attached hydrogens (primary N) is 1. The highest BCUT2D eigenvalue weighted by Gasteiger charge is 2.25. The number of nitrogens with zero attached hydrogens (tertiary/aromatic N) is 1. The van der Waals surface area contributed by atoms with Gasteiger partial charge in [-0.3, -0.25) is 9.59 Å². The molecular weight excluding hydrogens is 373 g/mol. The Morgan fingerprint density at radius 2 is 1.81 bits per heavy atom. The minimum absolute atomic E-state index is 0. The van der Waals surface area contributed by atoms with E-state index in [-0.39, 0.29) is 30.8 Å². The lowest BCUT2D eigenvalue weighted by Gasteiger charge is -2.25. The molecule has 0 saturated carbocycles. The van der Waals surface area contributed by atoms with Crippen LogP contribution in [-0.4, -0.2) is 30.3 Å². The van der Waals surface area contributed by atoms with Gasteiger partial charge >= 0.3 is 0 Å². The Morgan fingerprint density at radius 1 is 1.15 bits per heavy atom. The molecule has 0 aromatic heterocycles. The molecule has 0 bridgehead atoms. The maximum atomic E-state index is 12.5. The maximum absolute atomic E-state index is 12.5. The van der Waals surface area contributed by atoms with Crippen LogP contribution in [0.1, 0.15) is 18.5 Å². The van der Waals surface area contributed by atoms with Crippen LogP contribution in [0.3, 0.4) is 0 Å². The van der Waals surface area contributed by atoms with Crippen molar-refractivity contribution in [2.24, 2.45) is 11.7 Å². The van der Waals surface area contributed by atoms with Crippen LogP contribution in [-0.2, 0) is 9.59 Å². The molecule has 2 amide bonds. The van der Waals surface area contributed by atoms with Crippen LogP contribution < -0.4 is 11.1 Å². The number of amides is 2. The van der Waals surface area contributed by atoms with Crippen LogP contribution in [0.2, 0.25) is 5.02 Å². The molecule has 0 fully saturated rings. The van der Waals surface area contributed by atoms with Crippen molar-refractivity contribution < 1.29 is 9.59 Å². The Balaban J connectivity index is 0.00000338. The van der Waals surface area contributed by atoms with E-state index in [4.69, 9.17) is 17.3 Å². The predicted octanol–water partition coefficient (Wildman–Crippen LogP) is 3.49. The summed E-state index contributed by atoms with van der Waals surface area (Å²) < 4.78 is 0. The number of nitrogens with one attached hydrogen (secondary N) is 1. The van der Waals surface area contributed by atoms with Crippen molar-refractivity contribution in [2.45, 2.75) is 13.0 Å². The molecule has 0 spiro atoms. The number of carbonyl (C=O) groups excluding carboxylic acids is 2. The lowest BCUT2D eigenvalue weighted by molar-refractivity contribution is -0.137. The molecule has 0 saturated heterocycles. The Hall–Kier alpha value is -2.08. The molecule has 140 valence electrons. The first-order valence-electron chi connectivity index (χ1n) is 7.99. The zero-order chi connectivity index (χ0) is 18.4. The summed E-state index contributed by atoms with van der Waals surface area (Å²) in [6.07, 6.45) is 0. The van der Waals surface area contributed by atoms with Gasteiger partial charge in [0, 0.05) is 23.8 Å². The van der Waals surface area contributed by atoms with Gasteiger partial charge in [-0.2, -0.15) is 0 Å². The van der Waals surface area contributed by atoms with E-state index in [1.54, 1.807) is 38.2 Å². The molecule has 0 aliphatic rings. The molecule has 2 aromatic carbocycles. The van der Waals surface area contributed by atoms with Crippen LogP contribution in [0, 0.1) is 5.92 Å². The van der Waals surface area contributed by atoms with Gasteiger partial charge < -0.3 is 16.0 Å². The van der Waals surface area contributed by atoms with Crippen LogP contribution in [0.15, 0.2) is 54.6 Å². The second kappa shape index (κ2) is 10.2. The van der Waals surface area contributed by atoms with E-state index in [1.807, 2.05) is 30.3 Å². The Bertz CT molecular complexity index is 741. The molecular formula is C19H23Cl2N3O2. The quantitative estimate of drug-likeness (QED) is 0.785. The summed E-state index contributed by atoms with van der Waals surface area (Å²) in [4.78, 5) is 26.0. The molecule has 0 aliphatic carbocycles. The predicted molar refractivity (Wildman–Crippen MR) is 108 cm³/mol. The molecule has 3 N–H and O–H groups in total. The molecule has 0 radical (unpaired) electrons. The zero-order valence-electron chi connectivity index (χ0n) is 14.7. The Labute approximate surface area is 164 Å². The van der Waals surface area contributed by atoms with Crippen LogP contribution in [0.4, 0.5) is 5.69 Å². The molecule has 0 heterocycles. The second-order valence-electron chi connectivity index (χ2n) is 5.98. The third-order valence-corrected chi connectivity index (χ3v) is 4.21. The van der Waals surface area contributed by atoms with E-state index in [9.17, 15) is 9.59 Å². The lowest BCUT2D eigenvalue weighted by atomic mass is 9.94. The summed E-state index contributed by atoms with van der Waals surface area (Å²) in [5.74, 6) is -0.914. The molecule has 26 heavy (non-hydrogen) atoms. The fourth-order valence-electron chi connectivity index (χ4n) is 2.53. The van der Waals surface area contributed by atoms with Gasteiger partial charge in [0.05, 0.1) is 12.5 Å². The summed E-state index contributed by atoms with van der Waals surface area (Å²) in [6.45, 7) is 1.71. The van der Waals surface area contributed by atoms with E-state index in [1.165, 1.54) is 4.90 Å². The minimum Gasteiger partial charge on any atom is -0.336 e. The maximum Gasteiger partial charge on any atom is 0.243 e. The van der Waals surface area contributed by atoms with Gasteiger partial charge in [0.1, 0.15) is 0 Å². The second-order valence-corrected chi connectivity index (χ2v) is 6.41. The fourth-order valence-corrected chi connectivity index (χ4v) is 2.72. The fraction of sp³-hybridized carbons (Fsp3) is 0.263. The topological polar surface area (TPSA) is 75.4 Å². The molecule has 2 rings (SSSR count). The minimum atomic E-state index is -0.439. The van der Waals surface area contributed by atoms with E-state index in [2.05, 4.69) is 5.32 Å². The summed E-state index contributed by atoms with van der Waals surface area (Å²) in [5.41, 5.74) is 7.66. The number of halogens is 2. The summed E-state index contributed by atoms with van der Waals surface area (Å²) >= 11 is 5.89. The first-order chi connectivity index (χ1) is 11.9. The Kier molecular flexibility index (Phi) is 8.58. The number of anilines is 1. The van der Waals surface area contributed by atoms with Crippen molar-refractivity contribution in [1.29, 1.82) is 0 Å². The summed E-state index contributed by atoms with van der Waals surface area (Å²) in [7, 11) is 1.59. The van der Waals surface area contributed by atoms with Gasteiger partial charge in [-0.1, -0.05) is 54.9 Å². The van der Waals surface area contributed by atoms with Gasteiger partial charge in [-0.15, -0.1) is 12.4 Å². The summed E-state index contributed by atoms with van der Waals surface area (Å²) in [6, 6.07) is 15.9. The first kappa shape index (κ1) is 22.0. The van der Waals surface area contributed by atoms with Gasteiger partial charge in [-0.05, 0) is 23.8 Å². The SMILES string of the molecule is CC(C(=O)N(C)CC(=O)Nc1cccc(Cl)c1)C(N)c1ccccc1.Cl. The highest BCUT2D eigenvalue weighted by atomic mass is 35.5. The van der Waals surface area contributed by atoms with E-state index in [0.29, 0.717) is 10.7 Å². The number of likely N-dealkylation sites (N-methyl/N-ethyl adjacent to an activating group) is 1. The van der Waals surface area contributed by atoms with Crippen molar-refractivity contribution in [2.75, 3.05) is 18.9 Å². The van der Waals surface area contributed by atoms with Gasteiger partial charge in [-0.25, -0.2) is 0 Å². The van der Waals surface area contributed by atoms with Crippen molar-refractivity contribution in [3.8, 4) is 0 Å². The normalized spacial score (nSPS) is 12.5. The van der Waals surface area contributed by atoms with E-state index >= 15 is 0 Å². The number of hydrogen-bond donors (Lipinski definition) is 2. The number of carbonyl (C=O) groups is 2. The van der Waals surface area contributed by atoms with Crippen molar-refractivity contribution in [3.05, 3.63) is 65.2 Å². The lowest BCUT2D eigenvalue weighted by Crippen LogP contribution is -2.41. The van der Waals surface area contributed by atoms with Crippen molar-refractivity contribution in [1.82, 2.24) is 4.90 Å². The van der Waals surface area contributed by atoms with Crippen LogP contribution >= 0.6 is 24.0 Å². The smallest absolute Gasteiger partial charge is 0.243 e. The highest BCUT2D eigenvalue weighted by molar-refractivity contribution is 6.30. The summed E-state index contributed by atoms with van der Waals surface area (Å²) in [5, 5.41) is 3.25.